The highest BCUT2D eigenvalue weighted by molar-refractivity contribution is 5.94. The predicted molar refractivity (Wildman–Crippen MR) is 54.7 cm³/mol. The molecule has 2 amide bonds. The van der Waals surface area contributed by atoms with Crippen LogP contribution in [0.25, 0.3) is 0 Å². The number of hydrogen-bond acceptors (Lipinski definition) is 5. The number of carbonyl (C=O) groups is 2. The average molecular weight is 228 g/mol. The summed E-state index contributed by atoms with van der Waals surface area (Å²) < 4.78 is 4.70. The predicted octanol–water partition coefficient (Wildman–Crippen LogP) is -0.578. The number of hydrogen-bond donors (Lipinski definition) is 1. The van der Waals surface area contributed by atoms with E-state index in [1.807, 2.05) is 4.90 Å². The fourth-order valence-corrected chi connectivity index (χ4v) is 2.19. The van der Waals surface area contributed by atoms with Gasteiger partial charge >= 0.3 is 6.09 Å². The van der Waals surface area contributed by atoms with Crippen LogP contribution in [0.15, 0.2) is 0 Å². The van der Waals surface area contributed by atoms with Crippen LogP contribution in [-0.2, 0) is 9.53 Å². The minimum Gasteiger partial charge on any atom is -0.447 e. The monoisotopic (exact) mass is 228 g/mol. The van der Waals surface area contributed by atoms with E-state index in [9.17, 15) is 9.59 Å². The summed E-state index contributed by atoms with van der Waals surface area (Å²) >= 11 is 0. The number of ether oxygens (including phenoxy) is 1. The second-order valence-electron chi connectivity index (χ2n) is 4.11. The van der Waals surface area contributed by atoms with Crippen molar-refractivity contribution >= 4 is 12.0 Å². The van der Waals surface area contributed by atoms with Crippen LogP contribution >= 0.6 is 0 Å². The molecule has 1 N–H and O–H groups in total. The summed E-state index contributed by atoms with van der Waals surface area (Å²) in [5.74, 6) is -0.233. The number of amides is 2. The van der Waals surface area contributed by atoms with E-state index in [0.717, 1.165) is 24.3 Å². The molecule has 0 aromatic heterocycles. The third-order valence-corrected chi connectivity index (χ3v) is 3.11. The van der Waals surface area contributed by atoms with Gasteiger partial charge in [0.05, 0.1) is 19.7 Å². The third kappa shape index (κ3) is 2.17. The van der Waals surface area contributed by atoms with Crippen molar-refractivity contribution < 1.29 is 19.4 Å². The fraction of sp³-hybridized carbons (Fsp3) is 0.800. The second kappa shape index (κ2) is 4.80. The van der Waals surface area contributed by atoms with Gasteiger partial charge in [0.1, 0.15) is 6.61 Å². The Morgan fingerprint density at radius 3 is 2.94 bits per heavy atom. The van der Waals surface area contributed by atoms with Crippen LogP contribution in [-0.4, -0.2) is 65.8 Å². The Hall–Kier alpha value is -1.14. The topological polar surface area (TPSA) is 70.1 Å². The molecule has 0 aromatic carbocycles. The molecule has 16 heavy (non-hydrogen) atoms. The van der Waals surface area contributed by atoms with E-state index in [2.05, 4.69) is 0 Å². The molecule has 2 aliphatic heterocycles. The maximum Gasteiger partial charge on any atom is 0.416 e. The Kier molecular flexibility index (Phi) is 3.40. The minimum atomic E-state index is -0.551. The summed E-state index contributed by atoms with van der Waals surface area (Å²) in [5, 5.41) is 9.11. The Morgan fingerprint density at radius 1 is 1.50 bits per heavy atom. The Bertz CT molecular complexity index is 295. The Balaban J connectivity index is 1.89. The molecule has 2 aliphatic rings. The van der Waals surface area contributed by atoms with Gasteiger partial charge in [0.25, 0.3) is 0 Å². The molecule has 2 rings (SSSR count). The zero-order valence-corrected chi connectivity index (χ0v) is 9.09. The molecule has 0 saturated carbocycles. The van der Waals surface area contributed by atoms with E-state index in [0.29, 0.717) is 6.54 Å². The molecule has 2 fully saturated rings. The van der Waals surface area contributed by atoms with Gasteiger partial charge in [-0.15, -0.1) is 0 Å². The van der Waals surface area contributed by atoms with Gasteiger partial charge in [-0.25, -0.2) is 9.69 Å². The number of nitrogens with zero attached hydrogens (tertiary/aromatic N) is 2. The molecule has 0 aliphatic carbocycles. The van der Waals surface area contributed by atoms with Crippen molar-refractivity contribution in [3.05, 3.63) is 0 Å². The first kappa shape index (κ1) is 11.3. The van der Waals surface area contributed by atoms with Crippen LogP contribution in [0.5, 0.6) is 0 Å². The summed E-state index contributed by atoms with van der Waals surface area (Å²) in [5.41, 5.74) is 0. The lowest BCUT2D eigenvalue weighted by molar-refractivity contribution is -0.129. The molecule has 6 heteroatoms. The fourth-order valence-electron chi connectivity index (χ4n) is 2.19. The summed E-state index contributed by atoms with van der Waals surface area (Å²) in [6.45, 7) is 1.70. The second-order valence-corrected chi connectivity index (χ2v) is 4.11. The summed E-state index contributed by atoms with van der Waals surface area (Å²) in [6, 6.07) is 0.0579. The van der Waals surface area contributed by atoms with Crippen LogP contribution in [0.2, 0.25) is 0 Å². The van der Waals surface area contributed by atoms with Crippen molar-refractivity contribution in [2.45, 2.75) is 18.9 Å². The number of likely N-dealkylation sites (tertiary alicyclic amines) is 1. The lowest BCUT2D eigenvalue weighted by Gasteiger charge is -2.23. The van der Waals surface area contributed by atoms with E-state index in [1.165, 1.54) is 0 Å². The molecular weight excluding hydrogens is 212 g/mol. The van der Waals surface area contributed by atoms with Gasteiger partial charge in [0, 0.05) is 6.04 Å². The van der Waals surface area contributed by atoms with Crippen molar-refractivity contribution in [3.63, 3.8) is 0 Å². The molecule has 0 aromatic rings. The molecule has 0 unspecified atom stereocenters. The van der Waals surface area contributed by atoms with Crippen LogP contribution in [0.1, 0.15) is 12.8 Å². The van der Waals surface area contributed by atoms with Gasteiger partial charge in [-0.05, 0) is 19.4 Å². The number of imide groups is 1. The van der Waals surface area contributed by atoms with Gasteiger partial charge in [-0.2, -0.15) is 0 Å². The van der Waals surface area contributed by atoms with E-state index in [1.54, 1.807) is 0 Å². The van der Waals surface area contributed by atoms with Crippen LogP contribution < -0.4 is 0 Å². The van der Waals surface area contributed by atoms with E-state index in [4.69, 9.17) is 9.84 Å². The molecule has 0 radical (unpaired) electrons. The van der Waals surface area contributed by atoms with Crippen molar-refractivity contribution in [3.8, 4) is 0 Å². The third-order valence-electron chi connectivity index (χ3n) is 3.11. The van der Waals surface area contributed by atoms with Gasteiger partial charge in [-0.3, -0.25) is 9.69 Å². The van der Waals surface area contributed by atoms with Gasteiger partial charge in [-0.1, -0.05) is 0 Å². The highest BCUT2D eigenvalue weighted by Gasteiger charge is 2.32. The maximum absolute atomic E-state index is 11.8. The minimum absolute atomic E-state index is 0.0579. The first-order valence-corrected chi connectivity index (χ1v) is 5.54. The maximum atomic E-state index is 11.8. The first-order valence-electron chi connectivity index (χ1n) is 5.54. The number of aliphatic hydroxyl groups excluding tert-OH is 1. The molecule has 6 nitrogen and oxygen atoms in total. The summed E-state index contributed by atoms with van der Waals surface area (Å²) in [6.07, 6.45) is 1.35. The van der Waals surface area contributed by atoms with Gasteiger partial charge in [0.2, 0.25) is 5.91 Å². The molecule has 0 bridgehead atoms. The van der Waals surface area contributed by atoms with Crippen molar-refractivity contribution in [2.75, 3.05) is 32.8 Å². The van der Waals surface area contributed by atoms with Crippen LogP contribution in [0.3, 0.4) is 0 Å². The average Bonchev–Trinajstić information content (AvgIpc) is 2.86. The summed E-state index contributed by atoms with van der Waals surface area (Å²) in [7, 11) is 0. The van der Waals surface area contributed by atoms with Crippen molar-refractivity contribution in [2.24, 2.45) is 0 Å². The lowest BCUT2D eigenvalue weighted by Crippen LogP contribution is -2.43. The number of carbonyl (C=O) groups excluding carboxylic acids is 2. The molecular formula is C10H16N2O4. The van der Waals surface area contributed by atoms with Crippen molar-refractivity contribution in [1.82, 2.24) is 9.80 Å². The summed E-state index contributed by atoms with van der Waals surface area (Å²) in [4.78, 5) is 26.0. The van der Waals surface area contributed by atoms with Gasteiger partial charge < -0.3 is 9.84 Å². The SMILES string of the molecule is O=C(CN1CCC[C@@H]1CO)N1CCOC1=O. The van der Waals surface area contributed by atoms with E-state index >= 15 is 0 Å². The number of cyclic esters (lactones) is 1. The number of rotatable bonds is 3. The van der Waals surface area contributed by atoms with E-state index < -0.39 is 6.09 Å². The molecule has 90 valence electrons. The molecule has 2 heterocycles. The van der Waals surface area contributed by atoms with Gasteiger partial charge in [0.15, 0.2) is 0 Å². The smallest absolute Gasteiger partial charge is 0.416 e. The molecule has 2 saturated heterocycles. The zero-order valence-electron chi connectivity index (χ0n) is 9.09. The zero-order chi connectivity index (χ0) is 11.5. The Morgan fingerprint density at radius 2 is 2.31 bits per heavy atom. The first-order chi connectivity index (χ1) is 7.72. The highest BCUT2D eigenvalue weighted by atomic mass is 16.6. The Labute approximate surface area is 93.8 Å². The van der Waals surface area contributed by atoms with E-state index in [-0.39, 0.29) is 31.7 Å². The molecule has 0 spiro atoms. The van der Waals surface area contributed by atoms with Crippen LogP contribution in [0, 0.1) is 0 Å². The highest BCUT2D eigenvalue weighted by Crippen LogP contribution is 2.17. The van der Waals surface area contributed by atoms with Crippen molar-refractivity contribution in [1.29, 1.82) is 0 Å². The molecule has 1 atom stereocenters. The van der Waals surface area contributed by atoms with Crippen LogP contribution in [0.4, 0.5) is 4.79 Å². The number of aliphatic hydroxyl groups is 1. The quantitative estimate of drug-likeness (QED) is 0.700. The lowest BCUT2D eigenvalue weighted by atomic mass is 10.2. The normalized spacial score (nSPS) is 26.2. The standard InChI is InChI=1S/C10H16N2O4/c13-7-8-2-1-3-11(8)6-9(14)12-4-5-16-10(12)15/h8,13H,1-7H2/t8-/m1/s1. The largest absolute Gasteiger partial charge is 0.447 e.